The highest BCUT2D eigenvalue weighted by atomic mass is 16.2. The van der Waals surface area contributed by atoms with Crippen molar-refractivity contribution in [3.63, 3.8) is 0 Å². The zero-order valence-corrected chi connectivity index (χ0v) is 17.1. The van der Waals surface area contributed by atoms with Crippen LogP contribution < -0.4 is 16.4 Å². The Labute approximate surface area is 178 Å². The van der Waals surface area contributed by atoms with Gasteiger partial charge in [-0.3, -0.25) is 4.79 Å². The summed E-state index contributed by atoms with van der Waals surface area (Å²) in [6.07, 6.45) is 6.93. The normalized spacial score (nSPS) is 10.7. The van der Waals surface area contributed by atoms with Crippen LogP contribution in [0.25, 0.3) is 11.2 Å². The molecule has 10 nitrogen and oxygen atoms in total. The molecule has 0 saturated carbocycles. The molecule has 0 atom stereocenters. The summed E-state index contributed by atoms with van der Waals surface area (Å²) in [6.45, 7) is 4.50. The summed E-state index contributed by atoms with van der Waals surface area (Å²) < 4.78 is 3.35. The van der Waals surface area contributed by atoms with Crippen LogP contribution in [0.3, 0.4) is 0 Å². The predicted molar refractivity (Wildman–Crippen MR) is 119 cm³/mol. The standard InChI is InChI=1S/C21H21N9O/c1-4-14-6-8-15(9-7-14)24-19-18-20(27-21(22)26-19)29(12-23-18)11-17(31)25-16-10-13(3)28-30(16)5-2/h1,6-10,12H,5,11H2,2-3H3,(H,25,31)(H3,22,24,26,27). The molecule has 1 amide bonds. The Balaban J connectivity index is 1.58. The van der Waals surface area contributed by atoms with Crippen LogP contribution in [-0.2, 0) is 17.9 Å². The van der Waals surface area contributed by atoms with Crippen molar-refractivity contribution in [2.75, 3.05) is 16.4 Å². The first-order valence-electron chi connectivity index (χ1n) is 9.63. The predicted octanol–water partition coefficient (Wildman–Crippen LogP) is 2.30. The summed E-state index contributed by atoms with van der Waals surface area (Å²) in [6, 6.07) is 9.12. The van der Waals surface area contributed by atoms with Crippen LogP contribution in [0.4, 0.5) is 23.3 Å². The third kappa shape index (κ3) is 4.16. The quantitative estimate of drug-likeness (QED) is 0.412. The Kier molecular flexibility index (Phi) is 5.24. The highest BCUT2D eigenvalue weighted by Gasteiger charge is 2.16. The van der Waals surface area contributed by atoms with Crippen molar-refractivity contribution in [2.24, 2.45) is 0 Å². The number of benzene rings is 1. The minimum Gasteiger partial charge on any atom is -0.368 e. The first kappa shape index (κ1) is 19.9. The monoisotopic (exact) mass is 415 g/mol. The number of carbonyl (C=O) groups is 1. The van der Waals surface area contributed by atoms with Gasteiger partial charge in [-0.2, -0.15) is 15.1 Å². The molecule has 0 fully saturated rings. The van der Waals surface area contributed by atoms with Crippen LogP contribution >= 0.6 is 0 Å². The number of aromatic nitrogens is 6. The van der Waals surface area contributed by atoms with Gasteiger partial charge in [-0.1, -0.05) is 5.92 Å². The van der Waals surface area contributed by atoms with E-state index in [9.17, 15) is 4.79 Å². The van der Waals surface area contributed by atoms with Crippen molar-refractivity contribution in [2.45, 2.75) is 26.9 Å². The second-order valence-electron chi connectivity index (χ2n) is 6.86. The van der Waals surface area contributed by atoms with Gasteiger partial charge in [-0.15, -0.1) is 6.42 Å². The number of nitrogens with zero attached hydrogens (tertiary/aromatic N) is 6. The molecule has 0 aliphatic carbocycles. The average molecular weight is 415 g/mol. The van der Waals surface area contributed by atoms with E-state index < -0.39 is 0 Å². The average Bonchev–Trinajstić information content (AvgIpc) is 3.31. The van der Waals surface area contributed by atoms with E-state index in [4.69, 9.17) is 12.2 Å². The molecule has 31 heavy (non-hydrogen) atoms. The molecular formula is C21H21N9O. The fourth-order valence-electron chi connectivity index (χ4n) is 3.17. The molecule has 1 aromatic carbocycles. The van der Waals surface area contributed by atoms with Gasteiger partial charge < -0.3 is 20.9 Å². The van der Waals surface area contributed by atoms with Gasteiger partial charge in [0.05, 0.1) is 12.0 Å². The van der Waals surface area contributed by atoms with Crippen LogP contribution in [-0.4, -0.2) is 35.2 Å². The number of rotatable bonds is 6. The lowest BCUT2D eigenvalue weighted by molar-refractivity contribution is -0.116. The molecule has 0 radical (unpaired) electrons. The molecule has 0 bridgehead atoms. The van der Waals surface area contributed by atoms with E-state index in [0.717, 1.165) is 16.9 Å². The van der Waals surface area contributed by atoms with Crippen molar-refractivity contribution in [3.05, 3.63) is 47.9 Å². The van der Waals surface area contributed by atoms with Crippen molar-refractivity contribution in [1.29, 1.82) is 0 Å². The zero-order chi connectivity index (χ0) is 22.0. The van der Waals surface area contributed by atoms with E-state index in [1.165, 1.54) is 6.33 Å². The molecule has 0 aliphatic rings. The number of nitrogens with two attached hydrogens (primary N) is 1. The van der Waals surface area contributed by atoms with Crippen LogP contribution in [0.5, 0.6) is 0 Å². The fourth-order valence-corrected chi connectivity index (χ4v) is 3.17. The second kappa shape index (κ2) is 8.16. The fraction of sp³-hybridized carbons (Fsp3) is 0.190. The number of nitrogen functional groups attached to an aromatic ring is 1. The summed E-state index contributed by atoms with van der Waals surface area (Å²) in [5, 5.41) is 10.4. The largest absolute Gasteiger partial charge is 0.368 e. The number of hydrogen-bond acceptors (Lipinski definition) is 7. The van der Waals surface area contributed by atoms with E-state index in [1.807, 2.05) is 44.2 Å². The third-order valence-electron chi connectivity index (χ3n) is 4.58. The Bertz CT molecular complexity index is 1300. The Morgan fingerprint density at radius 2 is 2.03 bits per heavy atom. The van der Waals surface area contributed by atoms with E-state index in [0.29, 0.717) is 29.3 Å². The molecule has 3 heterocycles. The topological polar surface area (TPSA) is 129 Å². The first-order valence-corrected chi connectivity index (χ1v) is 9.63. The minimum atomic E-state index is -0.231. The highest BCUT2D eigenvalue weighted by Crippen LogP contribution is 2.24. The number of aryl methyl sites for hydroxylation is 2. The van der Waals surface area contributed by atoms with E-state index in [2.05, 4.69) is 36.6 Å². The molecule has 4 N–H and O–H groups in total. The van der Waals surface area contributed by atoms with Crippen LogP contribution in [0.2, 0.25) is 0 Å². The molecule has 0 aliphatic heterocycles. The maximum atomic E-state index is 12.6. The molecule has 10 heteroatoms. The summed E-state index contributed by atoms with van der Waals surface area (Å²) >= 11 is 0. The maximum Gasteiger partial charge on any atom is 0.245 e. The van der Waals surface area contributed by atoms with Gasteiger partial charge in [0.25, 0.3) is 0 Å². The first-order chi connectivity index (χ1) is 15.0. The van der Waals surface area contributed by atoms with Gasteiger partial charge in [-0.05, 0) is 38.1 Å². The number of anilines is 4. The third-order valence-corrected chi connectivity index (χ3v) is 4.58. The summed E-state index contributed by atoms with van der Waals surface area (Å²) in [5.41, 5.74) is 9.23. The molecule has 156 valence electrons. The lowest BCUT2D eigenvalue weighted by Crippen LogP contribution is -2.20. The van der Waals surface area contributed by atoms with E-state index in [1.54, 1.807) is 9.25 Å². The Hall–Kier alpha value is -4.39. The molecule has 3 aromatic heterocycles. The number of imidazole rings is 1. The van der Waals surface area contributed by atoms with Gasteiger partial charge in [-0.25, -0.2) is 9.67 Å². The van der Waals surface area contributed by atoms with E-state index >= 15 is 0 Å². The van der Waals surface area contributed by atoms with Crippen molar-refractivity contribution < 1.29 is 4.79 Å². The molecule has 4 aromatic rings. The van der Waals surface area contributed by atoms with Gasteiger partial charge >= 0.3 is 0 Å². The lowest BCUT2D eigenvalue weighted by atomic mass is 10.2. The van der Waals surface area contributed by atoms with Crippen molar-refractivity contribution in [1.82, 2.24) is 29.3 Å². The van der Waals surface area contributed by atoms with Crippen LogP contribution in [0.15, 0.2) is 36.7 Å². The SMILES string of the molecule is C#Cc1ccc(Nc2nc(N)nc3c2ncn3CC(=O)Nc2cc(C)nn2CC)cc1. The molecule has 4 rings (SSSR count). The molecule has 0 saturated heterocycles. The van der Waals surface area contributed by atoms with Gasteiger partial charge in [0.15, 0.2) is 17.0 Å². The van der Waals surface area contributed by atoms with Crippen LogP contribution in [0, 0.1) is 19.3 Å². The lowest BCUT2D eigenvalue weighted by Gasteiger charge is -2.09. The number of hydrogen-bond donors (Lipinski definition) is 3. The number of carbonyl (C=O) groups excluding carboxylic acids is 1. The highest BCUT2D eigenvalue weighted by molar-refractivity contribution is 5.92. The molecule has 0 unspecified atom stereocenters. The number of terminal acetylenes is 1. The maximum absolute atomic E-state index is 12.6. The van der Waals surface area contributed by atoms with Crippen molar-refractivity contribution in [3.8, 4) is 12.3 Å². The minimum absolute atomic E-state index is 0.0111. The smallest absolute Gasteiger partial charge is 0.245 e. The van der Waals surface area contributed by atoms with Gasteiger partial charge in [0.1, 0.15) is 12.4 Å². The summed E-state index contributed by atoms with van der Waals surface area (Å²) in [4.78, 5) is 25.5. The summed E-state index contributed by atoms with van der Waals surface area (Å²) in [5.74, 6) is 3.49. The van der Waals surface area contributed by atoms with Crippen molar-refractivity contribution >= 4 is 40.3 Å². The van der Waals surface area contributed by atoms with Crippen LogP contribution in [0.1, 0.15) is 18.2 Å². The number of nitrogens with one attached hydrogen (secondary N) is 2. The van der Waals surface area contributed by atoms with E-state index in [-0.39, 0.29) is 18.4 Å². The second-order valence-corrected chi connectivity index (χ2v) is 6.86. The number of amides is 1. The Morgan fingerprint density at radius 3 is 2.74 bits per heavy atom. The number of fused-ring (bicyclic) bond motifs is 1. The Morgan fingerprint density at radius 1 is 1.26 bits per heavy atom. The summed E-state index contributed by atoms with van der Waals surface area (Å²) in [7, 11) is 0. The van der Waals surface area contributed by atoms with Gasteiger partial charge in [0.2, 0.25) is 11.9 Å². The van der Waals surface area contributed by atoms with Gasteiger partial charge in [0, 0.05) is 23.9 Å². The zero-order valence-electron chi connectivity index (χ0n) is 17.1. The molecule has 0 spiro atoms. The molecular weight excluding hydrogens is 394 g/mol.